The molecule has 1 aromatic heterocycles. The molecule has 0 fully saturated rings. The zero-order chi connectivity index (χ0) is 11.3. The van der Waals surface area contributed by atoms with Crippen LogP contribution in [0.3, 0.4) is 0 Å². The van der Waals surface area contributed by atoms with Crippen LogP contribution in [0.2, 0.25) is 0 Å². The minimum absolute atomic E-state index is 0.337. The fourth-order valence-electron chi connectivity index (χ4n) is 1.12. The molecular formula is C9H19N5S. The van der Waals surface area contributed by atoms with Gasteiger partial charge in [-0.25, -0.2) is 4.68 Å². The van der Waals surface area contributed by atoms with Gasteiger partial charge < -0.3 is 4.90 Å². The lowest BCUT2D eigenvalue weighted by Crippen LogP contribution is -2.15. The van der Waals surface area contributed by atoms with E-state index in [4.69, 9.17) is 0 Å². The number of hydrogen-bond donors (Lipinski definition) is 0. The third kappa shape index (κ3) is 4.17. The Hall–Kier alpha value is -0.620. The summed E-state index contributed by atoms with van der Waals surface area (Å²) in [5.74, 6) is 2.96. The average molecular weight is 229 g/mol. The summed E-state index contributed by atoms with van der Waals surface area (Å²) >= 11 is 1.87. The van der Waals surface area contributed by atoms with Crippen LogP contribution in [0.4, 0.5) is 0 Å². The van der Waals surface area contributed by atoms with Crippen LogP contribution in [0.25, 0.3) is 0 Å². The lowest BCUT2D eigenvalue weighted by Gasteiger charge is -2.09. The van der Waals surface area contributed by atoms with Crippen molar-refractivity contribution in [3.05, 3.63) is 5.82 Å². The predicted octanol–water partition coefficient (Wildman–Crippen LogP) is 1.05. The second kappa shape index (κ2) is 6.07. The Balaban J connectivity index is 2.34. The van der Waals surface area contributed by atoms with E-state index in [2.05, 4.69) is 48.4 Å². The van der Waals surface area contributed by atoms with E-state index < -0.39 is 0 Å². The number of aromatic nitrogens is 4. The number of thioether (sulfide) groups is 1. The van der Waals surface area contributed by atoms with Crippen molar-refractivity contribution >= 4 is 11.8 Å². The summed E-state index contributed by atoms with van der Waals surface area (Å²) < 4.78 is 1.88. The van der Waals surface area contributed by atoms with E-state index in [-0.39, 0.29) is 0 Å². The smallest absolute Gasteiger partial charge is 0.161 e. The zero-order valence-corrected chi connectivity index (χ0v) is 10.7. The summed E-state index contributed by atoms with van der Waals surface area (Å²) in [4.78, 5) is 2.18. The van der Waals surface area contributed by atoms with Gasteiger partial charge in [-0.2, -0.15) is 11.8 Å². The van der Waals surface area contributed by atoms with Crippen molar-refractivity contribution in [3.8, 4) is 0 Å². The molecule has 1 heterocycles. The van der Waals surface area contributed by atoms with E-state index in [0.717, 1.165) is 23.9 Å². The van der Waals surface area contributed by atoms with Gasteiger partial charge >= 0.3 is 0 Å². The second-order valence-corrected chi connectivity index (χ2v) is 5.09. The van der Waals surface area contributed by atoms with Crippen LogP contribution in [-0.2, 0) is 5.75 Å². The van der Waals surface area contributed by atoms with Crippen LogP contribution < -0.4 is 0 Å². The van der Waals surface area contributed by atoms with Crippen LogP contribution >= 0.6 is 11.8 Å². The van der Waals surface area contributed by atoms with Gasteiger partial charge in [0, 0.05) is 12.3 Å². The van der Waals surface area contributed by atoms with Gasteiger partial charge in [0.05, 0.1) is 11.8 Å². The molecule has 0 aliphatic carbocycles. The summed E-state index contributed by atoms with van der Waals surface area (Å²) in [5.41, 5.74) is 0. The Morgan fingerprint density at radius 2 is 2.13 bits per heavy atom. The first-order valence-corrected chi connectivity index (χ1v) is 6.26. The molecule has 0 aliphatic heterocycles. The van der Waals surface area contributed by atoms with Crippen molar-refractivity contribution in [2.45, 2.75) is 25.6 Å². The lowest BCUT2D eigenvalue weighted by atomic mass is 10.4. The highest BCUT2D eigenvalue weighted by Crippen LogP contribution is 2.12. The highest BCUT2D eigenvalue weighted by molar-refractivity contribution is 7.98. The van der Waals surface area contributed by atoms with Gasteiger partial charge in [-0.05, 0) is 38.4 Å². The summed E-state index contributed by atoms with van der Waals surface area (Å²) in [6.45, 7) is 5.27. The fourth-order valence-corrected chi connectivity index (χ4v) is 2.13. The van der Waals surface area contributed by atoms with Gasteiger partial charge in [0.1, 0.15) is 0 Å². The predicted molar refractivity (Wildman–Crippen MR) is 62.9 cm³/mol. The van der Waals surface area contributed by atoms with Crippen molar-refractivity contribution in [3.63, 3.8) is 0 Å². The first-order chi connectivity index (χ1) is 7.11. The summed E-state index contributed by atoms with van der Waals surface area (Å²) in [5, 5.41) is 11.7. The van der Waals surface area contributed by atoms with Crippen molar-refractivity contribution in [1.29, 1.82) is 0 Å². The van der Waals surface area contributed by atoms with Gasteiger partial charge in [-0.15, -0.1) is 5.10 Å². The molecule has 0 saturated carbocycles. The number of nitrogens with zero attached hydrogens (tertiary/aromatic N) is 5. The number of tetrazole rings is 1. The van der Waals surface area contributed by atoms with Crippen LogP contribution in [0.15, 0.2) is 0 Å². The Morgan fingerprint density at radius 3 is 2.73 bits per heavy atom. The van der Waals surface area contributed by atoms with E-state index in [1.165, 1.54) is 0 Å². The number of hydrogen-bond acceptors (Lipinski definition) is 5. The molecule has 0 spiro atoms. The van der Waals surface area contributed by atoms with Gasteiger partial charge in [0.2, 0.25) is 0 Å². The minimum Gasteiger partial charge on any atom is -0.309 e. The van der Waals surface area contributed by atoms with Gasteiger partial charge in [0.25, 0.3) is 0 Å². The van der Waals surface area contributed by atoms with E-state index in [1.807, 2.05) is 16.4 Å². The molecule has 0 aromatic carbocycles. The average Bonchev–Trinajstić information content (AvgIpc) is 2.60. The number of rotatable bonds is 6. The molecule has 5 nitrogen and oxygen atoms in total. The highest BCUT2D eigenvalue weighted by Gasteiger charge is 2.08. The first kappa shape index (κ1) is 12.4. The molecule has 0 radical (unpaired) electrons. The monoisotopic (exact) mass is 229 g/mol. The molecule has 0 unspecified atom stereocenters. The highest BCUT2D eigenvalue weighted by atomic mass is 32.2. The van der Waals surface area contributed by atoms with Crippen molar-refractivity contribution < 1.29 is 0 Å². The van der Waals surface area contributed by atoms with Crippen molar-refractivity contribution in [2.75, 3.05) is 26.4 Å². The largest absolute Gasteiger partial charge is 0.309 e. The topological polar surface area (TPSA) is 46.8 Å². The molecule has 86 valence electrons. The van der Waals surface area contributed by atoms with E-state index >= 15 is 0 Å². The molecule has 0 atom stereocenters. The van der Waals surface area contributed by atoms with Crippen molar-refractivity contribution in [2.24, 2.45) is 0 Å². The van der Waals surface area contributed by atoms with E-state index in [9.17, 15) is 0 Å². The van der Waals surface area contributed by atoms with Crippen molar-refractivity contribution in [1.82, 2.24) is 25.1 Å². The minimum atomic E-state index is 0.337. The quantitative estimate of drug-likeness (QED) is 0.682. The standard InChI is InChI=1S/C9H19N5S/c1-8(2)14-9(10-11-12-14)7-15-6-5-13(3)4/h8H,5-7H2,1-4H3. The molecule has 0 aliphatic rings. The molecule has 0 bridgehead atoms. The Bertz CT molecular complexity index is 284. The van der Waals surface area contributed by atoms with E-state index in [1.54, 1.807) is 0 Å². The van der Waals surface area contributed by atoms with Crippen LogP contribution in [0, 0.1) is 0 Å². The normalized spacial score (nSPS) is 11.6. The zero-order valence-electron chi connectivity index (χ0n) is 9.84. The maximum Gasteiger partial charge on any atom is 0.161 e. The molecule has 1 rings (SSSR count). The molecule has 0 N–H and O–H groups in total. The lowest BCUT2D eigenvalue weighted by molar-refractivity contribution is 0.437. The van der Waals surface area contributed by atoms with Crippen LogP contribution in [0.1, 0.15) is 25.7 Å². The first-order valence-electron chi connectivity index (χ1n) is 5.10. The Kier molecular flexibility index (Phi) is 5.04. The molecule has 0 amide bonds. The third-order valence-corrected chi connectivity index (χ3v) is 2.90. The summed E-state index contributed by atoms with van der Waals surface area (Å²) in [7, 11) is 4.16. The Labute approximate surface area is 95.2 Å². The van der Waals surface area contributed by atoms with Crippen LogP contribution in [0.5, 0.6) is 0 Å². The van der Waals surface area contributed by atoms with Gasteiger partial charge in [0.15, 0.2) is 5.82 Å². The Morgan fingerprint density at radius 1 is 1.40 bits per heavy atom. The maximum atomic E-state index is 4.02. The second-order valence-electron chi connectivity index (χ2n) is 3.99. The fraction of sp³-hybridized carbons (Fsp3) is 0.889. The van der Waals surface area contributed by atoms with Gasteiger partial charge in [-0.3, -0.25) is 0 Å². The summed E-state index contributed by atoms with van der Waals surface area (Å²) in [6.07, 6.45) is 0. The maximum absolute atomic E-state index is 4.02. The van der Waals surface area contributed by atoms with Crippen LogP contribution in [-0.4, -0.2) is 51.5 Å². The molecule has 1 aromatic rings. The molecule has 0 saturated heterocycles. The van der Waals surface area contributed by atoms with E-state index in [0.29, 0.717) is 6.04 Å². The SMILES string of the molecule is CC(C)n1nnnc1CSCCN(C)C. The molecular weight excluding hydrogens is 210 g/mol. The molecule has 6 heteroatoms. The summed E-state index contributed by atoms with van der Waals surface area (Å²) in [6, 6.07) is 0.337. The third-order valence-electron chi connectivity index (χ3n) is 1.96. The van der Waals surface area contributed by atoms with Gasteiger partial charge in [-0.1, -0.05) is 0 Å². The molecule has 15 heavy (non-hydrogen) atoms.